The van der Waals surface area contributed by atoms with Crippen molar-refractivity contribution in [3.8, 4) is 5.75 Å². The average molecular weight is 871 g/mol. The standard InChI is InChI=1S/C42H59FN8O9S/c1-11-20-42(9,49-40(56)57)38(55)47-31(36(53)46-30(13-3)35(52)48-32(37(54)51(10)22-12-2)27-16-18-28(43)19-17-27)15-14-21-45-39(44)50-61(58,59)34-25(5)24(4)33-29(26(34)6)23-41(7,8)60-33/h11-12,16-19,30-32,49H,1-2,13-15,20-23H2,3-10H3,(H,46,53)(H,47,55)(H,48,52)(H,56,57)(H3,44,45,50)/t30-,31-,32+,42+/m0/s1. The largest absolute Gasteiger partial charge is 0.487 e. The summed E-state index contributed by atoms with van der Waals surface area (Å²) in [7, 11) is -2.71. The first-order valence-corrected chi connectivity index (χ1v) is 21.2. The Morgan fingerprint density at radius 3 is 2.21 bits per heavy atom. The van der Waals surface area contributed by atoms with Gasteiger partial charge in [-0.1, -0.05) is 31.2 Å². The van der Waals surface area contributed by atoms with Crippen LogP contribution in [0.15, 0.2) is 59.5 Å². The molecule has 2 aromatic carbocycles. The zero-order valence-electron chi connectivity index (χ0n) is 36.0. The molecule has 0 bridgehead atoms. The molecule has 0 unspecified atom stereocenters. The number of rotatable bonds is 20. The summed E-state index contributed by atoms with van der Waals surface area (Å²) in [5, 5.41) is 19.4. The highest BCUT2D eigenvalue weighted by Gasteiger charge is 2.39. The van der Waals surface area contributed by atoms with Crippen molar-refractivity contribution in [2.75, 3.05) is 20.1 Å². The molecule has 5 amide bonds. The third-order valence-corrected chi connectivity index (χ3v) is 12.0. The molecule has 0 fully saturated rings. The van der Waals surface area contributed by atoms with E-state index in [0.717, 1.165) is 17.7 Å². The number of nitrogens with zero attached hydrogens (tertiary/aromatic N) is 2. The van der Waals surface area contributed by atoms with E-state index in [0.29, 0.717) is 28.9 Å². The number of benzene rings is 2. The second kappa shape index (κ2) is 20.5. The van der Waals surface area contributed by atoms with Gasteiger partial charge in [0.1, 0.15) is 40.8 Å². The van der Waals surface area contributed by atoms with Gasteiger partial charge in [-0.05, 0) is 102 Å². The van der Waals surface area contributed by atoms with Crippen molar-refractivity contribution in [1.29, 1.82) is 0 Å². The van der Waals surface area contributed by atoms with Gasteiger partial charge in [0, 0.05) is 32.1 Å². The van der Waals surface area contributed by atoms with Crippen LogP contribution in [-0.2, 0) is 35.6 Å². The second-order valence-corrected chi connectivity index (χ2v) is 17.4. The summed E-state index contributed by atoms with van der Waals surface area (Å²) in [6.07, 6.45) is 1.64. The van der Waals surface area contributed by atoms with Crippen LogP contribution in [0.5, 0.6) is 5.75 Å². The Kier molecular flexibility index (Phi) is 16.6. The molecule has 0 saturated carbocycles. The lowest BCUT2D eigenvalue weighted by Gasteiger charge is -2.30. The molecule has 3 rings (SSSR count). The van der Waals surface area contributed by atoms with Gasteiger partial charge in [0.2, 0.25) is 29.6 Å². The van der Waals surface area contributed by atoms with E-state index in [2.05, 4.69) is 44.1 Å². The minimum absolute atomic E-state index is 0.0360. The lowest BCUT2D eigenvalue weighted by atomic mass is 9.94. The van der Waals surface area contributed by atoms with Crippen molar-refractivity contribution in [1.82, 2.24) is 30.9 Å². The van der Waals surface area contributed by atoms with E-state index in [1.54, 1.807) is 27.7 Å². The molecule has 0 aliphatic carbocycles. The average Bonchev–Trinajstić information content (AvgIpc) is 3.51. The third kappa shape index (κ3) is 12.5. The molecular formula is C42H59FN8O9S. The molecule has 17 nitrogen and oxygen atoms in total. The molecule has 0 aromatic heterocycles. The fourth-order valence-electron chi connectivity index (χ4n) is 6.99. The Morgan fingerprint density at radius 1 is 1.02 bits per heavy atom. The van der Waals surface area contributed by atoms with Gasteiger partial charge in [-0.3, -0.25) is 24.2 Å². The number of amides is 5. The number of carbonyl (C=O) groups excluding carboxylic acids is 4. The maximum absolute atomic E-state index is 13.9. The highest BCUT2D eigenvalue weighted by molar-refractivity contribution is 7.90. The highest BCUT2D eigenvalue weighted by Crippen LogP contribution is 2.43. The number of sulfonamides is 1. The molecule has 1 heterocycles. The summed E-state index contributed by atoms with van der Waals surface area (Å²) < 4.78 is 49.6. The van der Waals surface area contributed by atoms with Gasteiger partial charge in [-0.25, -0.2) is 22.3 Å². The molecule has 0 radical (unpaired) electrons. The Morgan fingerprint density at radius 2 is 1.64 bits per heavy atom. The predicted molar refractivity (Wildman–Crippen MR) is 229 cm³/mol. The van der Waals surface area contributed by atoms with Crippen molar-refractivity contribution in [3.05, 3.63) is 83.2 Å². The molecule has 1 aliphatic heterocycles. The van der Waals surface area contributed by atoms with E-state index in [-0.39, 0.29) is 49.2 Å². The number of hydrogen-bond donors (Lipinski definition) is 7. The van der Waals surface area contributed by atoms with E-state index in [1.165, 1.54) is 43.2 Å². The van der Waals surface area contributed by atoms with Crippen LogP contribution in [0.1, 0.15) is 87.2 Å². The van der Waals surface area contributed by atoms with Gasteiger partial charge < -0.3 is 41.7 Å². The molecule has 61 heavy (non-hydrogen) atoms. The Hall–Kier alpha value is -5.98. The topological polar surface area (TPSA) is 251 Å². The number of halogens is 1. The first-order valence-electron chi connectivity index (χ1n) is 19.7. The monoisotopic (exact) mass is 870 g/mol. The zero-order valence-corrected chi connectivity index (χ0v) is 36.8. The number of likely N-dealkylation sites (N-methyl/N-ethyl adjacent to an activating group) is 1. The van der Waals surface area contributed by atoms with Crippen LogP contribution in [0.2, 0.25) is 0 Å². The number of fused-ring (bicyclic) bond motifs is 1. The van der Waals surface area contributed by atoms with Crippen molar-refractivity contribution >= 4 is 45.7 Å². The normalized spacial score (nSPS) is 15.7. The molecule has 19 heteroatoms. The van der Waals surface area contributed by atoms with Gasteiger partial charge in [-0.15, -0.1) is 13.2 Å². The van der Waals surface area contributed by atoms with E-state index in [1.807, 2.05) is 13.8 Å². The van der Waals surface area contributed by atoms with Crippen molar-refractivity contribution in [2.24, 2.45) is 10.7 Å². The predicted octanol–water partition coefficient (Wildman–Crippen LogP) is 3.32. The maximum Gasteiger partial charge on any atom is 0.405 e. The number of carbonyl (C=O) groups is 5. The maximum atomic E-state index is 13.9. The number of guanidine groups is 1. The Labute approximate surface area is 356 Å². The molecule has 1 aliphatic rings. The van der Waals surface area contributed by atoms with Gasteiger partial charge in [0.25, 0.3) is 10.0 Å². The summed E-state index contributed by atoms with van der Waals surface area (Å²) in [6, 6.07) is 1.11. The first-order chi connectivity index (χ1) is 28.4. The van der Waals surface area contributed by atoms with Crippen LogP contribution in [0.25, 0.3) is 0 Å². The smallest absolute Gasteiger partial charge is 0.405 e. The lowest BCUT2D eigenvalue weighted by Crippen LogP contribution is -2.61. The van der Waals surface area contributed by atoms with Gasteiger partial charge in [0.05, 0.1) is 4.90 Å². The van der Waals surface area contributed by atoms with E-state index in [9.17, 15) is 41.9 Å². The number of nitrogens with one attached hydrogen (secondary N) is 5. The second-order valence-electron chi connectivity index (χ2n) is 15.8. The van der Waals surface area contributed by atoms with E-state index < -0.39 is 80.8 Å². The van der Waals surface area contributed by atoms with Crippen LogP contribution in [0.3, 0.4) is 0 Å². The van der Waals surface area contributed by atoms with Crippen LogP contribution in [0, 0.1) is 26.6 Å². The third-order valence-electron chi connectivity index (χ3n) is 10.3. The molecule has 4 atom stereocenters. The number of carboxylic acid groups (broad SMARTS) is 1. The van der Waals surface area contributed by atoms with E-state index in [4.69, 9.17) is 10.5 Å². The molecule has 0 spiro atoms. The Bertz CT molecular complexity index is 2160. The minimum Gasteiger partial charge on any atom is -0.487 e. The van der Waals surface area contributed by atoms with Gasteiger partial charge in [0.15, 0.2) is 0 Å². The quantitative estimate of drug-likeness (QED) is 0.0443. The fraction of sp³-hybridized carbons (Fsp3) is 0.476. The number of aliphatic imine (C=N–C) groups is 1. The molecule has 334 valence electrons. The molecular weight excluding hydrogens is 812 g/mol. The number of ether oxygens (including phenoxy) is 1. The van der Waals surface area contributed by atoms with Crippen LogP contribution in [0.4, 0.5) is 9.18 Å². The van der Waals surface area contributed by atoms with Crippen molar-refractivity contribution in [3.63, 3.8) is 0 Å². The zero-order chi connectivity index (χ0) is 46.0. The van der Waals surface area contributed by atoms with Crippen LogP contribution >= 0.6 is 0 Å². The summed E-state index contributed by atoms with van der Waals surface area (Å²) in [5.41, 5.74) is 6.60. The van der Waals surface area contributed by atoms with Crippen molar-refractivity contribution < 1.29 is 46.6 Å². The minimum atomic E-state index is -4.21. The van der Waals surface area contributed by atoms with Gasteiger partial charge >= 0.3 is 6.09 Å². The van der Waals surface area contributed by atoms with Gasteiger partial charge in [-0.2, -0.15) is 0 Å². The summed E-state index contributed by atoms with van der Waals surface area (Å²) in [5.74, 6) is -3.31. The number of nitrogens with two attached hydrogens (primary N) is 1. The van der Waals surface area contributed by atoms with Crippen LogP contribution in [-0.4, -0.2) is 97.5 Å². The highest BCUT2D eigenvalue weighted by atomic mass is 32.2. The first kappa shape index (κ1) is 49.4. The summed E-state index contributed by atoms with van der Waals surface area (Å²) in [4.78, 5) is 71.7. The van der Waals surface area contributed by atoms with E-state index >= 15 is 0 Å². The van der Waals surface area contributed by atoms with Crippen LogP contribution < -0.4 is 36.5 Å². The molecule has 2 aromatic rings. The summed E-state index contributed by atoms with van der Waals surface area (Å²) in [6.45, 7) is 19.2. The van der Waals surface area contributed by atoms with Crippen molar-refractivity contribution in [2.45, 2.75) is 115 Å². The molecule has 0 saturated heterocycles. The summed E-state index contributed by atoms with van der Waals surface area (Å²) >= 11 is 0. The fourth-order valence-corrected chi connectivity index (χ4v) is 8.51. The molecule has 8 N–H and O–H groups in total. The Balaban J connectivity index is 1.85. The number of hydrogen-bond acceptors (Lipinski definition) is 9. The SMILES string of the molecule is C=CCN(C)C(=O)[C@H](NC(=O)[C@H](CC)NC(=O)[C@H](CCCN=C(N)NS(=O)(=O)c1c(C)c(C)c2c(c1C)CC(C)(C)O2)NC(=O)[C@@](C)(CC=C)NC(=O)O)c1ccc(F)cc1. The lowest BCUT2D eigenvalue weighted by molar-refractivity contribution is -0.137.